The SMILES string of the molecule is CCN(Cc1ccccc1)S(=O)(=O)CCc1ccccc1. The van der Waals surface area contributed by atoms with E-state index in [4.69, 9.17) is 0 Å². The zero-order valence-electron chi connectivity index (χ0n) is 12.3. The minimum Gasteiger partial charge on any atom is -0.212 e. The highest BCUT2D eigenvalue weighted by Crippen LogP contribution is 2.11. The van der Waals surface area contributed by atoms with Gasteiger partial charge in [0, 0.05) is 13.1 Å². The molecule has 0 spiro atoms. The number of rotatable bonds is 7. The molecule has 0 fully saturated rings. The average molecular weight is 303 g/mol. The van der Waals surface area contributed by atoms with Crippen molar-refractivity contribution in [1.29, 1.82) is 0 Å². The van der Waals surface area contributed by atoms with Gasteiger partial charge in [0.25, 0.3) is 0 Å². The Kier molecular flexibility index (Phi) is 5.53. The molecular weight excluding hydrogens is 282 g/mol. The van der Waals surface area contributed by atoms with Crippen LogP contribution in [0.1, 0.15) is 18.1 Å². The first-order chi connectivity index (χ1) is 10.1. The van der Waals surface area contributed by atoms with Gasteiger partial charge in [0.15, 0.2) is 0 Å². The second-order valence-electron chi connectivity index (χ2n) is 4.96. The molecule has 0 radical (unpaired) electrons. The summed E-state index contributed by atoms with van der Waals surface area (Å²) in [5, 5.41) is 0. The number of hydrogen-bond acceptors (Lipinski definition) is 2. The van der Waals surface area contributed by atoms with E-state index in [9.17, 15) is 8.42 Å². The van der Waals surface area contributed by atoms with E-state index in [1.165, 1.54) is 0 Å². The van der Waals surface area contributed by atoms with E-state index in [-0.39, 0.29) is 5.75 Å². The Morgan fingerprint density at radius 3 is 1.90 bits per heavy atom. The molecule has 0 N–H and O–H groups in total. The molecule has 2 aromatic rings. The highest BCUT2D eigenvalue weighted by molar-refractivity contribution is 7.89. The van der Waals surface area contributed by atoms with E-state index in [1.54, 1.807) is 4.31 Å². The van der Waals surface area contributed by atoms with Gasteiger partial charge in [-0.2, -0.15) is 4.31 Å². The molecule has 0 saturated heterocycles. The third kappa shape index (κ3) is 4.69. The summed E-state index contributed by atoms with van der Waals surface area (Å²) in [7, 11) is -3.24. The lowest BCUT2D eigenvalue weighted by molar-refractivity contribution is 0.423. The molecule has 0 bridgehead atoms. The number of sulfonamides is 1. The first-order valence-corrected chi connectivity index (χ1v) is 8.78. The topological polar surface area (TPSA) is 37.4 Å². The van der Waals surface area contributed by atoms with Crippen LogP contribution in [0, 0.1) is 0 Å². The molecule has 112 valence electrons. The number of aryl methyl sites for hydroxylation is 1. The van der Waals surface area contributed by atoms with Crippen molar-refractivity contribution < 1.29 is 8.42 Å². The maximum Gasteiger partial charge on any atom is 0.214 e. The Bertz CT molecular complexity index is 639. The molecular formula is C17H21NO2S. The molecule has 2 aromatic carbocycles. The fourth-order valence-electron chi connectivity index (χ4n) is 2.21. The highest BCUT2D eigenvalue weighted by atomic mass is 32.2. The predicted molar refractivity (Wildman–Crippen MR) is 86.5 cm³/mol. The van der Waals surface area contributed by atoms with Gasteiger partial charge in [-0.15, -0.1) is 0 Å². The summed E-state index contributed by atoms with van der Waals surface area (Å²) in [6.07, 6.45) is 0.550. The minimum absolute atomic E-state index is 0.150. The van der Waals surface area contributed by atoms with Crippen molar-refractivity contribution in [1.82, 2.24) is 4.31 Å². The third-order valence-electron chi connectivity index (χ3n) is 3.44. The Morgan fingerprint density at radius 1 is 0.857 bits per heavy atom. The molecule has 21 heavy (non-hydrogen) atoms. The first-order valence-electron chi connectivity index (χ1n) is 7.17. The minimum atomic E-state index is -3.24. The Labute approximate surface area is 127 Å². The third-order valence-corrected chi connectivity index (χ3v) is 5.33. The molecule has 0 unspecified atom stereocenters. The summed E-state index contributed by atoms with van der Waals surface area (Å²) >= 11 is 0. The fraction of sp³-hybridized carbons (Fsp3) is 0.294. The standard InChI is InChI=1S/C17H21NO2S/c1-2-18(15-17-11-7-4-8-12-17)21(19,20)14-13-16-9-5-3-6-10-16/h3-12H,2,13-15H2,1H3. The van der Waals surface area contributed by atoms with Crippen LogP contribution in [0.3, 0.4) is 0 Å². The van der Waals surface area contributed by atoms with Crippen LogP contribution in [0.2, 0.25) is 0 Å². The van der Waals surface area contributed by atoms with Crippen LogP contribution in [-0.4, -0.2) is 25.0 Å². The van der Waals surface area contributed by atoms with Crippen LogP contribution in [0.15, 0.2) is 60.7 Å². The van der Waals surface area contributed by atoms with Gasteiger partial charge in [0.05, 0.1) is 5.75 Å². The fourth-order valence-corrected chi connectivity index (χ4v) is 3.71. The molecule has 0 aliphatic carbocycles. The van der Waals surface area contributed by atoms with Crippen molar-refractivity contribution in [2.24, 2.45) is 0 Å². The molecule has 0 aromatic heterocycles. The van der Waals surface area contributed by atoms with Gasteiger partial charge in [-0.1, -0.05) is 67.6 Å². The van der Waals surface area contributed by atoms with E-state index < -0.39 is 10.0 Å². The molecule has 0 atom stereocenters. The zero-order chi connectivity index (χ0) is 15.1. The maximum atomic E-state index is 12.5. The molecule has 4 heteroatoms. The lowest BCUT2D eigenvalue weighted by Crippen LogP contribution is -2.33. The quantitative estimate of drug-likeness (QED) is 0.788. The van der Waals surface area contributed by atoms with Gasteiger partial charge in [0.2, 0.25) is 10.0 Å². The number of nitrogens with zero attached hydrogens (tertiary/aromatic N) is 1. The molecule has 2 rings (SSSR count). The van der Waals surface area contributed by atoms with E-state index in [1.807, 2.05) is 67.6 Å². The van der Waals surface area contributed by atoms with Gasteiger partial charge in [-0.25, -0.2) is 8.42 Å². The largest absolute Gasteiger partial charge is 0.214 e. The molecule has 3 nitrogen and oxygen atoms in total. The van der Waals surface area contributed by atoms with Crippen molar-refractivity contribution in [3.63, 3.8) is 0 Å². The first kappa shape index (κ1) is 15.7. The van der Waals surface area contributed by atoms with Crippen LogP contribution in [-0.2, 0) is 23.0 Å². The Hall–Kier alpha value is -1.65. The lowest BCUT2D eigenvalue weighted by Gasteiger charge is -2.20. The van der Waals surface area contributed by atoms with Gasteiger partial charge in [-0.05, 0) is 17.5 Å². The van der Waals surface area contributed by atoms with Crippen LogP contribution < -0.4 is 0 Å². The Morgan fingerprint density at radius 2 is 1.38 bits per heavy atom. The zero-order valence-corrected chi connectivity index (χ0v) is 13.1. The van der Waals surface area contributed by atoms with Gasteiger partial charge in [-0.3, -0.25) is 0 Å². The summed E-state index contributed by atoms with van der Waals surface area (Å²) in [6.45, 7) is 2.81. The second kappa shape index (κ2) is 7.38. The summed E-state index contributed by atoms with van der Waals surface area (Å²) in [6, 6.07) is 19.4. The second-order valence-corrected chi connectivity index (χ2v) is 7.05. The van der Waals surface area contributed by atoms with Crippen LogP contribution in [0.4, 0.5) is 0 Å². The summed E-state index contributed by atoms with van der Waals surface area (Å²) < 4.78 is 26.5. The van der Waals surface area contributed by atoms with E-state index in [2.05, 4.69) is 0 Å². The molecule has 0 aliphatic rings. The molecule has 0 aliphatic heterocycles. The van der Waals surface area contributed by atoms with Crippen molar-refractivity contribution >= 4 is 10.0 Å². The van der Waals surface area contributed by atoms with Crippen molar-refractivity contribution in [3.05, 3.63) is 71.8 Å². The number of benzene rings is 2. The molecule has 0 amide bonds. The van der Waals surface area contributed by atoms with Crippen LogP contribution >= 0.6 is 0 Å². The van der Waals surface area contributed by atoms with Crippen molar-refractivity contribution in [2.75, 3.05) is 12.3 Å². The van der Waals surface area contributed by atoms with Crippen molar-refractivity contribution in [2.45, 2.75) is 19.9 Å². The normalized spacial score (nSPS) is 11.7. The van der Waals surface area contributed by atoms with Crippen LogP contribution in [0.25, 0.3) is 0 Å². The maximum absolute atomic E-state index is 12.5. The van der Waals surface area contributed by atoms with Gasteiger partial charge in [0.1, 0.15) is 0 Å². The van der Waals surface area contributed by atoms with Gasteiger partial charge >= 0.3 is 0 Å². The summed E-state index contributed by atoms with van der Waals surface area (Å²) in [5.74, 6) is 0.150. The lowest BCUT2D eigenvalue weighted by atomic mass is 10.2. The smallest absolute Gasteiger partial charge is 0.212 e. The highest BCUT2D eigenvalue weighted by Gasteiger charge is 2.20. The van der Waals surface area contributed by atoms with E-state index in [0.29, 0.717) is 19.5 Å². The van der Waals surface area contributed by atoms with Crippen LogP contribution in [0.5, 0.6) is 0 Å². The van der Waals surface area contributed by atoms with E-state index in [0.717, 1.165) is 11.1 Å². The van der Waals surface area contributed by atoms with Crippen molar-refractivity contribution in [3.8, 4) is 0 Å². The Balaban J connectivity index is 2.02. The molecule has 0 saturated carbocycles. The summed E-state index contributed by atoms with van der Waals surface area (Å²) in [4.78, 5) is 0. The predicted octanol–water partition coefficient (Wildman–Crippen LogP) is 3.08. The van der Waals surface area contributed by atoms with Gasteiger partial charge < -0.3 is 0 Å². The molecule has 0 heterocycles. The number of hydrogen-bond donors (Lipinski definition) is 0. The van der Waals surface area contributed by atoms with E-state index >= 15 is 0 Å². The monoisotopic (exact) mass is 303 g/mol. The summed E-state index contributed by atoms with van der Waals surface area (Å²) in [5.41, 5.74) is 2.07. The average Bonchev–Trinajstić information content (AvgIpc) is 2.52.